The van der Waals surface area contributed by atoms with Crippen molar-refractivity contribution in [3.8, 4) is 10.6 Å². The molecule has 0 fully saturated rings. The molecule has 4 nitrogen and oxygen atoms in total. The summed E-state index contributed by atoms with van der Waals surface area (Å²) >= 11 is 1.56. The summed E-state index contributed by atoms with van der Waals surface area (Å²) in [5.41, 5.74) is 3.08. The highest BCUT2D eigenvalue weighted by Crippen LogP contribution is 2.24. The first-order chi connectivity index (χ1) is 11.5. The molecule has 0 saturated carbocycles. The number of hydrogen-bond donors (Lipinski definition) is 1. The molecule has 124 valence electrons. The molecule has 1 atom stereocenters. The Bertz CT molecular complexity index is 850. The van der Waals surface area contributed by atoms with E-state index in [4.69, 9.17) is 4.42 Å². The van der Waals surface area contributed by atoms with E-state index >= 15 is 0 Å². The Balaban J connectivity index is 1.63. The highest BCUT2D eigenvalue weighted by Gasteiger charge is 2.14. The van der Waals surface area contributed by atoms with Gasteiger partial charge in [0.1, 0.15) is 16.5 Å². The summed E-state index contributed by atoms with van der Waals surface area (Å²) in [5, 5.41) is 5.83. The van der Waals surface area contributed by atoms with Gasteiger partial charge < -0.3 is 9.73 Å². The SMILES string of the molecule is Cc1cccc(-c2nc(CC(=O)NC(C)c3ccc(C)o3)cs2)c1. The summed E-state index contributed by atoms with van der Waals surface area (Å²) in [4.78, 5) is 16.8. The van der Waals surface area contributed by atoms with Crippen molar-refractivity contribution < 1.29 is 9.21 Å². The lowest BCUT2D eigenvalue weighted by Gasteiger charge is -2.10. The van der Waals surface area contributed by atoms with Gasteiger partial charge in [0.15, 0.2) is 0 Å². The first-order valence-corrected chi connectivity index (χ1v) is 8.76. The molecule has 0 aliphatic heterocycles. The van der Waals surface area contributed by atoms with Crippen LogP contribution in [0, 0.1) is 13.8 Å². The Morgan fingerprint density at radius 2 is 2.12 bits per heavy atom. The molecular weight excluding hydrogens is 320 g/mol. The second kappa shape index (κ2) is 7.01. The molecule has 1 N–H and O–H groups in total. The van der Waals surface area contributed by atoms with Crippen molar-refractivity contribution in [2.24, 2.45) is 0 Å². The number of nitrogens with zero attached hydrogens (tertiary/aromatic N) is 1. The zero-order valence-corrected chi connectivity index (χ0v) is 14.8. The van der Waals surface area contributed by atoms with Gasteiger partial charge in [0.2, 0.25) is 5.91 Å². The molecule has 1 amide bonds. The number of thiazole rings is 1. The van der Waals surface area contributed by atoms with Crippen molar-refractivity contribution in [2.45, 2.75) is 33.2 Å². The minimum atomic E-state index is -0.152. The predicted octanol–water partition coefficient (Wildman–Crippen LogP) is 4.44. The van der Waals surface area contributed by atoms with E-state index in [0.717, 1.165) is 27.8 Å². The topological polar surface area (TPSA) is 55.1 Å². The Kier molecular flexibility index (Phi) is 4.81. The second-order valence-electron chi connectivity index (χ2n) is 5.93. The van der Waals surface area contributed by atoms with E-state index in [2.05, 4.69) is 29.4 Å². The third-order valence-corrected chi connectivity index (χ3v) is 4.66. The smallest absolute Gasteiger partial charge is 0.226 e. The number of carbonyl (C=O) groups is 1. The van der Waals surface area contributed by atoms with Crippen LogP contribution in [-0.2, 0) is 11.2 Å². The molecule has 2 aromatic heterocycles. The average Bonchev–Trinajstić information content (AvgIpc) is 3.16. The van der Waals surface area contributed by atoms with Crippen molar-refractivity contribution in [3.05, 3.63) is 64.6 Å². The molecule has 1 unspecified atom stereocenters. The summed E-state index contributed by atoms with van der Waals surface area (Å²) in [5.74, 6) is 1.55. The Hall–Kier alpha value is -2.40. The quantitative estimate of drug-likeness (QED) is 0.747. The summed E-state index contributed by atoms with van der Waals surface area (Å²) in [6, 6.07) is 11.8. The lowest BCUT2D eigenvalue weighted by molar-refractivity contribution is -0.121. The molecule has 0 spiro atoms. The van der Waals surface area contributed by atoms with Crippen LogP contribution in [-0.4, -0.2) is 10.9 Å². The zero-order valence-electron chi connectivity index (χ0n) is 14.0. The Morgan fingerprint density at radius 1 is 1.29 bits per heavy atom. The van der Waals surface area contributed by atoms with Gasteiger partial charge in [-0.1, -0.05) is 23.8 Å². The molecule has 3 rings (SSSR count). The molecule has 24 heavy (non-hydrogen) atoms. The maximum atomic E-state index is 12.2. The second-order valence-corrected chi connectivity index (χ2v) is 6.79. The maximum absolute atomic E-state index is 12.2. The van der Waals surface area contributed by atoms with Crippen LogP contribution in [0.4, 0.5) is 0 Å². The van der Waals surface area contributed by atoms with Gasteiger partial charge in [0, 0.05) is 10.9 Å². The zero-order chi connectivity index (χ0) is 17.1. The number of rotatable bonds is 5. The summed E-state index contributed by atoms with van der Waals surface area (Å²) < 4.78 is 5.54. The number of furan rings is 1. The van der Waals surface area contributed by atoms with Crippen LogP contribution in [0.5, 0.6) is 0 Å². The summed E-state index contributed by atoms with van der Waals surface area (Å²) in [6.07, 6.45) is 0.270. The number of amides is 1. The fourth-order valence-electron chi connectivity index (χ4n) is 2.51. The number of hydrogen-bond acceptors (Lipinski definition) is 4. The number of nitrogens with one attached hydrogen (secondary N) is 1. The van der Waals surface area contributed by atoms with Crippen molar-refractivity contribution in [3.63, 3.8) is 0 Å². The summed E-state index contributed by atoms with van der Waals surface area (Å²) in [7, 11) is 0. The molecule has 0 radical (unpaired) electrons. The fraction of sp³-hybridized carbons (Fsp3) is 0.263. The van der Waals surface area contributed by atoms with E-state index in [-0.39, 0.29) is 18.4 Å². The minimum absolute atomic E-state index is 0.0577. The molecule has 0 saturated heterocycles. The lowest BCUT2D eigenvalue weighted by Crippen LogP contribution is -2.27. The molecule has 5 heteroatoms. The van der Waals surface area contributed by atoms with Crippen LogP contribution in [0.3, 0.4) is 0 Å². The maximum Gasteiger partial charge on any atom is 0.226 e. The lowest BCUT2D eigenvalue weighted by atomic mass is 10.1. The fourth-order valence-corrected chi connectivity index (χ4v) is 3.33. The molecule has 3 aromatic rings. The minimum Gasteiger partial charge on any atom is -0.464 e. The molecule has 2 heterocycles. The molecule has 0 aliphatic carbocycles. The van der Waals surface area contributed by atoms with Crippen molar-refractivity contribution in [2.75, 3.05) is 0 Å². The van der Waals surface area contributed by atoms with Crippen LogP contribution >= 0.6 is 11.3 Å². The molecule has 1 aromatic carbocycles. The van der Waals surface area contributed by atoms with Gasteiger partial charge >= 0.3 is 0 Å². The van der Waals surface area contributed by atoms with E-state index in [1.165, 1.54) is 5.56 Å². The normalized spacial score (nSPS) is 12.1. The van der Waals surface area contributed by atoms with E-state index in [0.29, 0.717) is 0 Å². The molecule has 0 aliphatic rings. The van der Waals surface area contributed by atoms with E-state index in [1.54, 1.807) is 11.3 Å². The van der Waals surface area contributed by atoms with Crippen LogP contribution in [0.2, 0.25) is 0 Å². The number of benzene rings is 1. The van der Waals surface area contributed by atoms with Gasteiger partial charge in [0.25, 0.3) is 0 Å². The highest BCUT2D eigenvalue weighted by molar-refractivity contribution is 7.13. The van der Waals surface area contributed by atoms with Crippen LogP contribution < -0.4 is 5.32 Å². The van der Waals surface area contributed by atoms with Crippen LogP contribution in [0.1, 0.15) is 35.7 Å². The largest absolute Gasteiger partial charge is 0.464 e. The van der Waals surface area contributed by atoms with E-state index < -0.39 is 0 Å². The van der Waals surface area contributed by atoms with Crippen molar-refractivity contribution in [1.82, 2.24) is 10.3 Å². The molecule has 0 bridgehead atoms. The highest BCUT2D eigenvalue weighted by atomic mass is 32.1. The summed E-state index contributed by atoms with van der Waals surface area (Å²) in [6.45, 7) is 5.86. The van der Waals surface area contributed by atoms with Gasteiger partial charge in [-0.15, -0.1) is 11.3 Å². The van der Waals surface area contributed by atoms with E-state index in [9.17, 15) is 4.79 Å². The molecular formula is C19H20N2O2S. The number of carbonyl (C=O) groups excluding carboxylic acids is 1. The van der Waals surface area contributed by atoms with Crippen molar-refractivity contribution >= 4 is 17.2 Å². The Labute approximate surface area is 145 Å². The van der Waals surface area contributed by atoms with Gasteiger partial charge in [-0.05, 0) is 39.0 Å². The monoisotopic (exact) mass is 340 g/mol. The van der Waals surface area contributed by atoms with Gasteiger partial charge in [-0.25, -0.2) is 4.98 Å². The van der Waals surface area contributed by atoms with Crippen LogP contribution in [0.25, 0.3) is 10.6 Å². The standard InChI is InChI=1S/C19H20N2O2S/c1-12-5-4-6-15(9-12)19-21-16(11-24-19)10-18(22)20-14(3)17-8-7-13(2)23-17/h4-9,11,14H,10H2,1-3H3,(H,20,22). The van der Waals surface area contributed by atoms with Gasteiger partial charge in [-0.2, -0.15) is 0 Å². The van der Waals surface area contributed by atoms with E-state index in [1.807, 2.05) is 43.5 Å². The third kappa shape index (κ3) is 3.92. The van der Waals surface area contributed by atoms with Crippen LogP contribution in [0.15, 0.2) is 46.2 Å². The first kappa shape index (κ1) is 16.5. The van der Waals surface area contributed by atoms with Gasteiger partial charge in [0.05, 0.1) is 18.2 Å². The average molecular weight is 340 g/mol. The predicted molar refractivity (Wildman–Crippen MR) is 96.0 cm³/mol. The first-order valence-electron chi connectivity index (χ1n) is 7.88. The van der Waals surface area contributed by atoms with Crippen molar-refractivity contribution in [1.29, 1.82) is 0 Å². The number of aryl methyl sites for hydroxylation is 2. The van der Waals surface area contributed by atoms with Gasteiger partial charge in [-0.3, -0.25) is 4.79 Å². The third-order valence-electron chi connectivity index (χ3n) is 3.72. The Morgan fingerprint density at radius 3 is 2.83 bits per heavy atom. The number of aromatic nitrogens is 1.